The number of benzene rings is 1. The Kier molecular flexibility index (Phi) is 4.18. The van der Waals surface area contributed by atoms with Gasteiger partial charge in [-0.25, -0.2) is 9.78 Å². The van der Waals surface area contributed by atoms with E-state index in [0.717, 1.165) is 23.6 Å². The number of carbonyl (C=O) groups is 1. The minimum atomic E-state index is -0.524. The van der Waals surface area contributed by atoms with E-state index < -0.39 is 5.60 Å². The zero-order valence-electron chi connectivity index (χ0n) is 11.9. The van der Waals surface area contributed by atoms with Crippen molar-refractivity contribution in [2.75, 3.05) is 0 Å². The Balaban J connectivity index is 2.26. The van der Waals surface area contributed by atoms with Crippen LogP contribution in [0.4, 0.5) is 0 Å². The molecule has 1 aromatic heterocycles. The van der Waals surface area contributed by atoms with Crippen LogP contribution in [0.2, 0.25) is 0 Å². The molecule has 0 saturated carbocycles. The number of carbonyl (C=O) groups excluding carboxylic acids is 1. The SMILES string of the molecule is C=CCCC(C)(C)OC(=O)c1nccc2ccccc12. The highest BCUT2D eigenvalue weighted by Gasteiger charge is 2.24. The predicted molar refractivity (Wildman–Crippen MR) is 80.7 cm³/mol. The van der Waals surface area contributed by atoms with E-state index in [9.17, 15) is 4.79 Å². The number of esters is 1. The number of ether oxygens (including phenoxy) is 1. The molecule has 0 aliphatic carbocycles. The van der Waals surface area contributed by atoms with Crippen molar-refractivity contribution in [3.63, 3.8) is 0 Å². The molecule has 2 aromatic rings. The van der Waals surface area contributed by atoms with Crippen LogP contribution in [0.5, 0.6) is 0 Å². The summed E-state index contributed by atoms with van der Waals surface area (Å²) in [7, 11) is 0. The smallest absolute Gasteiger partial charge is 0.358 e. The van der Waals surface area contributed by atoms with Crippen LogP contribution in [0.15, 0.2) is 49.2 Å². The van der Waals surface area contributed by atoms with Crippen molar-refractivity contribution in [2.45, 2.75) is 32.3 Å². The van der Waals surface area contributed by atoms with Gasteiger partial charge < -0.3 is 4.74 Å². The van der Waals surface area contributed by atoms with Crippen molar-refractivity contribution in [1.29, 1.82) is 0 Å². The minimum absolute atomic E-state index is 0.370. The number of rotatable bonds is 5. The van der Waals surface area contributed by atoms with Crippen molar-refractivity contribution in [1.82, 2.24) is 4.98 Å². The monoisotopic (exact) mass is 269 g/mol. The molecule has 104 valence electrons. The molecule has 0 aliphatic rings. The Bertz CT molecular complexity index is 626. The predicted octanol–water partition coefficient (Wildman–Crippen LogP) is 4.14. The highest BCUT2D eigenvalue weighted by atomic mass is 16.6. The third-order valence-corrected chi connectivity index (χ3v) is 3.19. The van der Waals surface area contributed by atoms with Gasteiger partial charge in [0.1, 0.15) is 5.60 Å². The number of nitrogens with zero attached hydrogens (tertiary/aromatic N) is 1. The fourth-order valence-corrected chi connectivity index (χ4v) is 2.08. The van der Waals surface area contributed by atoms with E-state index in [4.69, 9.17) is 4.74 Å². The Hall–Kier alpha value is -2.16. The van der Waals surface area contributed by atoms with Gasteiger partial charge in [0.15, 0.2) is 5.69 Å². The lowest BCUT2D eigenvalue weighted by Crippen LogP contribution is -2.28. The molecule has 20 heavy (non-hydrogen) atoms. The Labute approximate surface area is 119 Å². The second-order valence-corrected chi connectivity index (χ2v) is 5.36. The molecular formula is C17H19NO2. The van der Waals surface area contributed by atoms with Crippen molar-refractivity contribution in [3.8, 4) is 0 Å². The average molecular weight is 269 g/mol. The largest absolute Gasteiger partial charge is 0.455 e. The van der Waals surface area contributed by atoms with Gasteiger partial charge in [0.05, 0.1) is 0 Å². The third-order valence-electron chi connectivity index (χ3n) is 3.19. The third kappa shape index (κ3) is 3.23. The number of hydrogen-bond acceptors (Lipinski definition) is 3. The lowest BCUT2D eigenvalue weighted by atomic mass is 10.0. The highest BCUT2D eigenvalue weighted by Crippen LogP contribution is 2.22. The summed E-state index contributed by atoms with van der Waals surface area (Å²) in [5, 5.41) is 1.80. The van der Waals surface area contributed by atoms with Crippen LogP contribution >= 0.6 is 0 Å². The molecule has 0 unspecified atom stereocenters. The molecule has 0 bridgehead atoms. The summed E-state index contributed by atoms with van der Waals surface area (Å²) in [4.78, 5) is 16.5. The summed E-state index contributed by atoms with van der Waals surface area (Å²) >= 11 is 0. The lowest BCUT2D eigenvalue weighted by Gasteiger charge is -2.24. The lowest BCUT2D eigenvalue weighted by molar-refractivity contribution is -0.00443. The van der Waals surface area contributed by atoms with Gasteiger partial charge in [0.25, 0.3) is 0 Å². The minimum Gasteiger partial charge on any atom is -0.455 e. The zero-order chi connectivity index (χ0) is 14.6. The topological polar surface area (TPSA) is 39.2 Å². The second kappa shape index (κ2) is 5.87. The molecule has 3 nitrogen and oxygen atoms in total. The molecule has 0 fully saturated rings. The quantitative estimate of drug-likeness (QED) is 0.605. The first-order valence-electron chi connectivity index (χ1n) is 6.71. The molecule has 0 N–H and O–H groups in total. The number of pyridine rings is 1. The van der Waals surface area contributed by atoms with Crippen molar-refractivity contribution in [3.05, 3.63) is 54.9 Å². The Morgan fingerprint density at radius 3 is 2.85 bits per heavy atom. The van der Waals surface area contributed by atoms with Crippen LogP contribution in [0.3, 0.4) is 0 Å². The van der Waals surface area contributed by atoms with Crippen molar-refractivity contribution in [2.24, 2.45) is 0 Å². The maximum absolute atomic E-state index is 12.3. The van der Waals surface area contributed by atoms with Gasteiger partial charge in [-0.05, 0) is 38.1 Å². The van der Waals surface area contributed by atoms with Gasteiger partial charge in [-0.15, -0.1) is 6.58 Å². The van der Waals surface area contributed by atoms with E-state index >= 15 is 0 Å². The first-order valence-corrected chi connectivity index (χ1v) is 6.71. The number of allylic oxidation sites excluding steroid dienone is 1. The maximum atomic E-state index is 12.3. The molecule has 0 spiro atoms. The molecule has 0 atom stereocenters. The van der Waals surface area contributed by atoms with Crippen LogP contribution in [0.1, 0.15) is 37.2 Å². The normalized spacial score (nSPS) is 11.3. The molecule has 0 aliphatic heterocycles. The molecule has 1 heterocycles. The number of aromatic nitrogens is 1. The van der Waals surface area contributed by atoms with Crippen LogP contribution in [-0.2, 0) is 4.74 Å². The van der Waals surface area contributed by atoms with Gasteiger partial charge in [0, 0.05) is 11.6 Å². The Morgan fingerprint density at radius 2 is 2.10 bits per heavy atom. The van der Waals surface area contributed by atoms with Crippen LogP contribution < -0.4 is 0 Å². The van der Waals surface area contributed by atoms with Crippen molar-refractivity contribution >= 4 is 16.7 Å². The molecule has 3 heteroatoms. The van der Waals surface area contributed by atoms with Crippen LogP contribution in [-0.4, -0.2) is 16.6 Å². The molecule has 1 aromatic carbocycles. The van der Waals surface area contributed by atoms with E-state index in [-0.39, 0.29) is 5.97 Å². The molecule has 0 radical (unpaired) electrons. The fourth-order valence-electron chi connectivity index (χ4n) is 2.08. The first kappa shape index (κ1) is 14.3. The summed E-state index contributed by atoms with van der Waals surface area (Å²) in [6.45, 7) is 7.49. The van der Waals surface area contributed by atoms with E-state index in [1.54, 1.807) is 6.20 Å². The van der Waals surface area contributed by atoms with Crippen LogP contribution in [0.25, 0.3) is 10.8 Å². The second-order valence-electron chi connectivity index (χ2n) is 5.36. The Morgan fingerprint density at radius 1 is 1.35 bits per heavy atom. The van der Waals surface area contributed by atoms with E-state index in [1.165, 1.54) is 0 Å². The summed E-state index contributed by atoms with van der Waals surface area (Å²) < 4.78 is 5.58. The standard InChI is InChI=1S/C17H19NO2/c1-4-5-11-17(2,3)20-16(19)15-14-9-7-6-8-13(14)10-12-18-15/h4,6-10,12H,1,5,11H2,2-3H3. The first-order chi connectivity index (χ1) is 9.53. The maximum Gasteiger partial charge on any atom is 0.358 e. The summed E-state index contributed by atoms with van der Waals surface area (Å²) in [6, 6.07) is 9.55. The summed E-state index contributed by atoms with van der Waals surface area (Å²) in [5.41, 5.74) is -0.154. The molecule has 2 rings (SSSR count). The van der Waals surface area contributed by atoms with Crippen LogP contribution in [0, 0.1) is 0 Å². The molecule has 0 saturated heterocycles. The summed E-state index contributed by atoms with van der Waals surface area (Å²) in [6.07, 6.45) is 5.01. The van der Waals surface area contributed by atoms with Gasteiger partial charge in [-0.3, -0.25) is 0 Å². The fraction of sp³-hybridized carbons (Fsp3) is 0.294. The highest BCUT2D eigenvalue weighted by molar-refractivity contribution is 6.02. The number of fused-ring (bicyclic) bond motifs is 1. The van der Waals surface area contributed by atoms with E-state index in [1.807, 2.05) is 50.3 Å². The zero-order valence-corrected chi connectivity index (χ0v) is 11.9. The van der Waals surface area contributed by atoms with Gasteiger partial charge in [-0.1, -0.05) is 30.3 Å². The average Bonchev–Trinajstić information content (AvgIpc) is 2.44. The van der Waals surface area contributed by atoms with Gasteiger partial charge >= 0.3 is 5.97 Å². The number of hydrogen-bond donors (Lipinski definition) is 0. The van der Waals surface area contributed by atoms with Gasteiger partial charge in [0.2, 0.25) is 0 Å². The molecular weight excluding hydrogens is 250 g/mol. The van der Waals surface area contributed by atoms with Gasteiger partial charge in [-0.2, -0.15) is 0 Å². The van der Waals surface area contributed by atoms with Crippen molar-refractivity contribution < 1.29 is 9.53 Å². The molecule has 0 amide bonds. The van der Waals surface area contributed by atoms with E-state index in [2.05, 4.69) is 11.6 Å². The van der Waals surface area contributed by atoms with E-state index in [0.29, 0.717) is 5.69 Å². The summed E-state index contributed by atoms with van der Waals surface area (Å²) in [5.74, 6) is -0.379.